The third-order valence-electron chi connectivity index (χ3n) is 10.5. The van der Waals surface area contributed by atoms with Crippen LogP contribution in [0.15, 0.2) is 23.3 Å². The molecule has 0 saturated heterocycles. The molecule has 0 aromatic rings. The lowest BCUT2D eigenvalue weighted by molar-refractivity contribution is 0.0133. The summed E-state index contributed by atoms with van der Waals surface area (Å²) < 4.78 is 0. The van der Waals surface area contributed by atoms with Crippen LogP contribution in [0, 0.1) is 40.4 Å². The van der Waals surface area contributed by atoms with E-state index in [4.69, 9.17) is 0 Å². The first-order chi connectivity index (χ1) is 13.7. The summed E-state index contributed by atoms with van der Waals surface area (Å²) in [5.74, 6) is 3.91. The van der Waals surface area contributed by atoms with E-state index in [2.05, 4.69) is 41.2 Å². The van der Waals surface area contributed by atoms with Gasteiger partial charge >= 0.3 is 0 Å². The average molecular weight is 399 g/mol. The Morgan fingerprint density at radius 1 is 1.07 bits per heavy atom. The van der Waals surface area contributed by atoms with Gasteiger partial charge in [-0.1, -0.05) is 57.9 Å². The molecule has 0 aliphatic heterocycles. The highest BCUT2D eigenvalue weighted by Gasteiger charge is 2.55. The fourth-order valence-corrected chi connectivity index (χ4v) is 8.32. The van der Waals surface area contributed by atoms with Gasteiger partial charge in [0.1, 0.15) is 0 Å². The average Bonchev–Trinajstić information content (AvgIpc) is 3.03. The van der Waals surface area contributed by atoms with Crippen LogP contribution in [0.4, 0.5) is 0 Å². The van der Waals surface area contributed by atoms with Gasteiger partial charge in [-0.15, -0.1) is 0 Å². The molecule has 0 radical (unpaired) electrons. The van der Waals surface area contributed by atoms with E-state index < -0.39 is 0 Å². The van der Waals surface area contributed by atoms with Crippen molar-refractivity contribution in [1.29, 1.82) is 0 Å². The van der Waals surface area contributed by atoms with Gasteiger partial charge in [0.2, 0.25) is 0 Å². The van der Waals surface area contributed by atoms with Crippen molar-refractivity contribution in [3.63, 3.8) is 0 Å². The molecule has 0 heterocycles. The second kappa shape index (κ2) is 7.85. The van der Waals surface area contributed by atoms with Crippen molar-refractivity contribution in [1.82, 2.24) is 0 Å². The normalized spacial score (nSPS) is 43.0. The van der Waals surface area contributed by atoms with E-state index in [1.165, 1.54) is 63.4 Å². The van der Waals surface area contributed by atoms with Crippen molar-refractivity contribution < 1.29 is 5.11 Å². The van der Waals surface area contributed by atoms with Crippen molar-refractivity contribution in [2.24, 2.45) is 40.4 Å². The van der Waals surface area contributed by atoms with Crippen LogP contribution in [-0.4, -0.2) is 11.2 Å². The Balaban J connectivity index is 1.53. The monoisotopic (exact) mass is 398 g/mol. The quantitative estimate of drug-likeness (QED) is 0.470. The number of hydrogen-bond acceptors (Lipinski definition) is 1. The highest BCUT2D eigenvalue weighted by Crippen LogP contribution is 2.66. The molecule has 1 N–H and O–H groups in total. The maximum absolute atomic E-state index is 10.2. The van der Waals surface area contributed by atoms with Gasteiger partial charge < -0.3 is 5.11 Å². The van der Waals surface area contributed by atoms with Gasteiger partial charge in [0.25, 0.3) is 0 Å². The van der Waals surface area contributed by atoms with Gasteiger partial charge in [-0.05, 0) is 111 Å². The van der Waals surface area contributed by atoms with E-state index in [9.17, 15) is 5.11 Å². The lowest BCUT2D eigenvalue weighted by Gasteiger charge is -2.55. The lowest BCUT2D eigenvalue weighted by Crippen LogP contribution is -2.45. The topological polar surface area (TPSA) is 20.2 Å². The molecular weight excluding hydrogens is 352 g/mol. The Kier molecular flexibility index (Phi) is 5.86. The highest BCUT2D eigenvalue weighted by atomic mass is 16.3. The van der Waals surface area contributed by atoms with E-state index in [0.29, 0.717) is 16.7 Å². The minimum absolute atomic E-state index is 0.0404. The standard InChI is InChI=1S/C28H46O/c1-18(2)19(3)7-8-20(4)24-11-12-25-23-10-9-21-17-22(29)13-15-27(21,5)26(23)14-16-28(24,25)6/h18,20-22,24-25,29H,3,7-17H2,1-2,4-6H3. The van der Waals surface area contributed by atoms with Crippen molar-refractivity contribution in [2.75, 3.05) is 0 Å². The molecule has 0 aromatic heterocycles. The van der Waals surface area contributed by atoms with Gasteiger partial charge in [-0.25, -0.2) is 0 Å². The Hall–Kier alpha value is -0.560. The van der Waals surface area contributed by atoms with Crippen LogP contribution in [0.3, 0.4) is 0 Å². The van der Waals surface area contributed by atoms with Crippen LogP contribution in [-0.2, 0) is 0 Å². The summed E-state index contributed by atoms with van der Waals surface area (Å²) in [4.78, 5) is 0. The molecule has 0 spiro atoms. The fourth-order valence-electron chi connectivity index (χ4n) is 8.32. The molecule has 0 amide bonds. The number of hydrogen-bond donors (Lipinski definition) is 1. The first kappa shape index (κ1) is 21.7. The maximum Gasteiger partial charge on any atom is 0.0543 e. The van der Waals surface area contributed by atoms with Gasteiger partial charge in [0, 0.05) is 0 Å². The molecule has 2 fully saturated rings. The fraction of sp³-hybridized carbons (Fsp3) is 0.857. The molecule has 1 nitrogen and oxygen atoms in total. The molecule has 4 aliphatic carbocycles. The van der Waals surface area contributed by atoms with Crippen molar-refractivity contribution in [2.45, 2.75) is 111 Å². The third-order valence-corrected chi connectivity index (χ3v) is 10.5. The molecule has 7 atom stereocenters. The summed E-state index contributed by atoms with van der Waals surface area (Å²) in [5, 5.41) is 10.2. The second-order valence-electron chi connectivity index (χ2n) is 12.2. The van der Waals surface area contributed by atoms with Crippen molar-refractivity contribution in [3.8, 4) is 0 Å². The molecule has 4 aliphatic rings. The van der Waals surface area contributed by atoms with E-state index >= 15 is 0 Å². The molecule has 164 valence electrons. The van der Waals surface area contributed by atoms with Crippen LogP contribution < -0.4 is 0 Å². The van der Waals surface area contributed by atoms with Crippen LogP contribution in [0.25, 0.3) is 0 Å². The van der Waals surface area contributed by atoms with Gasteiger partial charge in [0.15, 0.2) is 0 Å². The van der Waals surface area contributed by atoms with Crippen LogP contribution in [0.5, 0.6) is 0 Å². The predicted octanol–water partition coefficient (Wildman–Crippen LogP) is 7.70. The first-order valence-corrected chi connectivity index (χ1v) is 12.7. The maximum atomic E-state index is 10.2. The van der Waals surface area contributed by atoms with Crippen LogP contribution >= 0.6 is 0 Å². The summed E-state index contributed by atoms with van der Waals surface area (Å²) >= 11 is 0. The molecular formula is C28H46O. The first-order valence-electron chi connectivity index (χ1n) is 12.7. The van der Waals surface area contributed by atoms with Crippen molar-refractivity contribution in [3.05, 3.63) is 23.3 Å². The summed E-state index contributed by atoms with van der Waals surface area (Å²) in [6.07, 6.45) is 14.1. The van der Waals surface area contributed by atoms with Gasteiger partial charge in [-0.3, -0.25) is 0 Å². The zero-order valence-electron chi connectivity index (χ0n) is 19.9. The minimum atomic E-state index is -0.0404. The summed E-state index contributed by atoms with van der Waals surface area (Å²) in [5.41, 5.74) is 6.12. The van der Waals surface area contributed by atoms with Gasteiger partial charge in [0.05, 0.1) is 6.10 Å². The number of fused-ring (bicyclic) bond motifs is 4. The number of aliphatic hydroxyl groups is 1. The minimum Gasteiger partial charge on any atom is -0.393 e. The molecule has 0 aromatic carbocycles. The summed E-state index contributed by atoms with van der Waals surface area (Å²) in [6, 6.07) is 0. The summed E-state index contributed by atoms with van der Waals surface area (Å²) in [6.45, 7) is 16.7. The predicted molar refractivity (Wildman–Crippen MR) is 124 cm³/mol. The van der Waals surface area contributed by atoms with Crippen molar-refractivity contribution >= 4 is 0 Å². The largest absolute Gasteiger partial charge is 0.393 e. The summed E-state index contributed by atoms with van der Waals surface area (Å²) in [7, 11) is 0. The molecule has 4 rings (SSSR count). The molecule has 1 heteroatoms. The Morgan fingerprint density at radius 3 is 2.55 bits per heavy atom. The third kappa shape index (κ3) is 3.58. The number of rotatable bonds is 5. The number of aliphatic hydroxyl groups excluding tert-OH is 1. The molecule has 0 bridgehead atoms. The zero-order valence-corrected chi connectivity index (χ0v) is 19.9. The zero-order chi connectivity index (χ0) is 21.0. The van der Waals surface area contributed by atoms with Gasteiger partial charge in [-0.2, -0.15) is 0 Å². The van der Waals surface area contributed by atoms with E-state index in [-0.39, 0.29) is 6.10 Å². The smallest absolute Gasteiger partial charge is 0.0543 e. The Bertz CT molecular complexity index is 672. The van der Waals surface area contributed by atoms with Crippen LogP contribution in [0.2, 0.25) is 0 Å². The Labute approximate surface area is 180 Å². The number of allylic oxidation sites excluding steroid dienone is 3. The second-order valence-corrected chi connectivity index (χ2v) is 12.2. The molecule has 2 saturated carbocycles. The Morgan fingerprint density at radius 2 is 1.83 bits per heavy atom. The highest BCUT2D eigenvalue weighted by molar-refractivity contribution is 5.34. The molecule has 7 unspecified atom stereocenters. The lowest BCUT2D eigenvalue weighted by atomic mass is 9.50. The van der Waals surface area contributed by atoms with E-state index in [1.54, 1.807) is 0 Å². The SMILES string of the molecule is C=C(CCC(C)C1CCC2C3=C(CCC21C)C1(C)CCC(O)CC1CC3)C(C)C. The van der Waals surface area contributed by atoms with E-state index in [0.717, 1.165) is 36.5 Å². The molecule has 29 heavy (non-hydrogen) atoms. The van der Waals surface area contributed by atoms with E-state index in [1.807, 2.05) is 11.1 Å². The van der Waals surface area contributed by atoms with Crippen LogP contribution in [0.1, 0.15) is 105 Å².